The van der Waals surface area contributed by atoms with Gasteiger partial charge in [0.2, 0.25) is 11.8 Å². The number of unbranched alkanes of at least 4 members (excludes halogenated alkanes) is 1. The molecule has 0 atom stereocenters. The van der Waals surface area contributed by atoms with Crippen LogP contribution >= 0.6 is 0 Å². The van der Waals surface area contributed by atoms with E-state index in [1.54, 1.807) is 12.1 Å². The van der Waals surface area contributed by atoms with Gasteiger partial charge in [0.1, 0.15) is 5.75 Å². The normalized spacial score (nSPS) is 10.1. The van der Waals surface area contributed by atoms with Crippen LogP contribution in [-0.2, 0) is 9.59 Å². The monoisotopic (exact) mass is 293 g/mol. The zero-order valence-electron chi connectivity index (χ0n) is 12.4. The van der Waals surface area contributed by atoms with Gasteiger partial charge in [-0.05, 0) is 18.6 Å². The van der Waals surface area contributed by atoms with Gasteiger partial charge in [-0.2, -0.15) is 0 Å². The molecule has 0 aliphatic heterocycles. The lowest BCUT2D eigenvalue weighted by atomic mass is 10.2. The Balaban J connectivity index is 2.45. The highest BCUT2D eigenvalue weighted by molar-refractivity contribution is 5.83. The maximum Gasteiger partial charge on any atom is 0.237 e. The van der Waals surface area contributed by atoms with Crippen molar-refractivity contribution in [2.24, 2.45) is 5.73 Å². The lowest BCUT2D eigenvalue weighted by molar-refractivity contribution is -0.135. The quantitative estimate of drug-likeness (QED) is 0.667. The Bertz CT molecular complexity index is 477. The topological polar surface area (TPSA) is 98.6 Å². The molecule has 0 aliphatic rings. The molecular weight excluding hydrogens is 270 g/mol. The van der Waals surface area contributed by atoms with Crippen LogP contribution in [0, 0.1) is 0 Å². The third kappa shape index (κ3) is 6.16. The Hall–Kier alpha value is -2.24. The zero-order valence-corrected chi connectivity index (χ0v) is 12.4. The summed E-state index contributed by atoms with van der Waals surface area (Å²) in [5.41, 5.74) is 11.4. The Morgan fingerprint density at radius 2 is 2.00 bits per heavy atom. The third-order valence-electron chi connectivity index (χ3n) is 2.97. The van der Waals surface area contributed by atoms with Crippen molar-refractivity contribution in [2.75, 3.05) is 25.4 Å². The fraction of sp³-hybridized carbons (Fsp3) is 0.467. The lowest BCUT2D eigenvalue weighted by Crippen LogP contribution is -2.39. The number of benzene rings is 1. The van der Waals surface area contributed by atoms with Crippen LogP contribution in [-0.4, -0.2) is 36.4 Å². The number of amides is 2. The molecule has 0 aromatic heterocycles. The number of primary amides is 1. The molecule has 116 valence electrons. The number of carbonyl (C=O) groups is 2. The van der Waals surface area contributed by atoms with Gasteiger partial charge >= 0.3 is 0 Å². The molecule has 2 amide bonds. The summed E-state index contributed by atoms with van der Waals surface area (Å²) in [4.78, 5) is 24.5. The molecule has 6 nitrogen and oxygen atoms in total. The minimum atomic E-state index is -0.507. The number of ether oxygens (including phenoxy) is 1. The summed E-state index contributed by atoms with van der Waals surface area (Å²) in [6, 6.07) is 7.11. The average Bonchev–Trinajstić information content (AvgIpc) is 2.45. The van der Waals surface area contributed by atoms with Crippen molar-refractivity contribution in [3.63, 3.8) is 0 Å². The highest BCUT2D eigenvalue weighted by Gasteiger charge is 2.15. The van der Waals surface area contributed by atoms with Crippen molar-refractivity contribution >= 4 is 17.5 Å². The second-order valence-corrected chi connectivity index (χ2v) is 4.77. The van der Waals surface area contributed by atoms with Crippen molar-refractivity contribution in [1.29, 1.82) is 0 Å². The van der Waals surface area contributed by atoms with E-state index in [4.69, 9.17) is 16.2 Å². The summed E-state index contributed by atoms with van der Waals surface area (Å²) in [5.74, 6) is -0.0928. The predicted molar refractivity (Wildman–Crippen MR) is 81.6 cm³/mol. The first-order chi connectivity index (χ1) is 10.0. The number of nitrogens with zero attached hydrogens (tertiary/aromatic N) is 1. The molecule has 0 spiro atoms. The summed E-state index contributed by atoms with van der Waals surface area (Å²) >= 11 is 0. The number of hydrogen-bond donors (Lipinski definition) is 2. The second-order valence-electron chi connectivity index (χ2n) is 4.77. The van der Waals surface area contributed by atoms with Crippen LogP contribution in [0.1, 0.15) is 26.2 Å². The van der Waals surface area contributed by atoms with Crippen molar-refractivity contribution in [3.05, 3.63) is 24.3 Å². The highest BCUT2D eigenvalue weighted by Crippen LogP contribution is 2.19. The van der Waals surface area contributed by atoms with Crippen molar-refractivity contribution < 1.29 is 14.3 Å². The summed E-state index contributed by atoms with van der Waals surface area (Å²) in [6.45, 7) is 2.72. The van der Waals surface area contributed by atoms with E-state index in [0.29, 0.717) is 18.0 Å². The van der Waals surface area contributed by atoms with Crippen LogP contribution in [0.4, 0.5) is 5.69 Å². The van der Waals surface area contributed by atoms with E-state index in [0.717, 1.165) is 12.8 Å². The smallest absolute Gasteiger partial charge is 0.237 e. The fourth-order valence-electron chi connectivity index (χ4n) is 1.85. The van der Waals surface area contributed by atoms with E-state index >= 15 is 0 Å². The summed E-state index contributed by atoms with van der Waals surface area (Å²) in [5, 5.41) is 0. The standard InChI is InChI=1S/C15H23N3O3/c1-2-3-9-18(11-14(17)19)15(20)8-10-21-13-7-5-4-6-12(13)16/h4-7H,2-3,8-11,16H2,1H3,(H2,17,19). The molecule has 21 heavy (non-hydrogen) atoms. The Labute approximate surface area is 125 Å². The van der Waals surface area contributed by atoms with Gasteiger partial charge in [0.05, 0.1) is 25.3 Å². The third-order valence-corrected chi connectivity index (χ3v) is 2.97. The van der Waals surface area contributed by atoms with Gasteiger partial charge in [-0.3, -0.25) is 9.59 Å². The van der Waals surface area contributed by atoms with E-state index in [2.05, 4.69) is 0 Å². The molecule has 0 fully saturated rings. The van der Waals surface area contributed by atoms with Gasteiger partial charge < -0.3 is 21.1 Å². The van der Waals surface area contributed by atoms with Gasteiger partial charge in [-0.15, -0.1) is 0 Å². The van der Waals surface area contributed by atoms with Gasteiger partial charge in [0.25, 0.3) is 0 Å². The number of nitrogen functional groups attached to an aromatic ring is 1. The van der Waals surface area contributed by atoms with Crippen LogP contribution < -0.4 is 16.2 Å². The summed E-state index contributed by atoms with van der Waals surface area (Å²) < 4.78 is 5.48. The molecule has 0 radical (unpaired) electrons. The van der Waals surface area contributed by atoms with Crippen LogP contribution in [0.3, 0.4) is 0 Å². The van der Waals surface area contributed by atoms with E-state index in [-0.39, 0.29) is 25.5 Å². The zero-order chi connectivity index (χ0) is 15.7. The number of carbonyl (C=O) groups excluding carboxylic acids is 2. The van der Waals surface area contributed by atoms with E-state index in [9.17, 15) is 9.59 Å². The number of para-hydroxylation sites is 2. The fourth-order valence-corrected chi connectivity index (χ4v) is 1.85. The first-order valence-corrected chi connectivity index (χ1v) is 7.08. The Morgan fingerprint density at radius 3 is 2.62 bits per heavy atom. The molecule has 0 aliphatic carbocycles. The maximum absolute atomic E-state index is 12.1. The van der Waals surface area contributed by atoms with Crippen LogP contribution in [0.5, 0.6) is 5.75 Å². The molecule has 0 bridgehead atoms. The molecule has 1 rings (SSSR count). The van der Waals surface area contributed by atoms with Crippen molar-refractivity contribution in [3.8, 4) is 5.75 Å². The largest absolute Gasteiger partial charge is 0.491 e. The van der Waals surface area contributed by atoms with Gasteiger partial charge in [0, 0.05) is 6.54 Å². The van der Waals surface area contributed by atoms with E-state index in [1.165, 1.54) is 4.90 Å². The molecule has 0 saturated heterocycles. The lowest BCUT2D eigenvalue weighted by Gasteiger charge is -2.21. The number of nitrogens with two attached hydrogens (primary N) is 2. The van der Waals surface area contributed by atoms with Gasteiger partial charge in [-0.25, -0.2) is 0 Å². The molecule has 6 heteroatoms. The minimum absolute atomic E-state index is 0.0493. The molecule has 1 aromatic carbocycles. The predicted octanol–water partition coefficient (Wildman–Crippen LogP) is 1.15. The summed E-state index contributed by atoms with van der Waals surface area (Å²) in [6.07, 6.45) is 1.97. The first kappa shape index (κ1) is 16.8. The average molecular weight is 293 g/mol. The molecule has 0 saturated carbocycles. The molecule has 0 heterocycles. The van der Waals surface area contributed by atoms with Gasteiger partial charge in [-0.1, -0.05) is 25.5 Å². The highest BCUT2D eigenvalue weighted by atomic mass is 16.5. The van der Waals surface area contributed by atoms with E-state index in [1.807, 2.05) is 19.1 Å². The van der Waals surface area contributed by atoms with Crippen molar-refractivity contribution in [1.82, 2.24) is 4.90 Å². The minimum Gasteiger partial charge on any atom is -0.491 e. The van der Waals surface area contributed by atoms with Gasteiger partial charge in [0.15, 0.2) is 0 Å². The van der Waals surface area contributed by atoms with Crippen molar-refractivity contribution in [2.45, 2.75) is 26.2 Å². The van der Waals surface area contributed by atoms with Crippen LogP contribution in [0.15, 0.2) is 24.3 Å². The molecular formula is C15H23N3O3. The first-order valence-electron chi connectivity index (χ1n) is 7.08. The SMILES string of the molecule is CCCCN(CC(N)=O)C(=O)CCOc1ccccc1N. The number of anilines is 1. The second kappa shape index (κ2) is 8.84. The summed E-state index contributed by atoms with van der Waals surface area (Å²) in [7, 11) is 0. The molecule has 1 aromatic rings. The Kier molecular flexibility index (Phi) is 7.08. The maximum atomic E-state index is 12.1. The van der Waals surface area contributed by atoms with Crippen LogP contribution in [0.2, 0.25) is 0 Å². The number of hydrogen-bond acceptors (Lipinski definition) is 4. The molecule has 0 unspecified atom stereocenters. The Morgan fingerprint density at radius 1 is 1.29 bits per heavy atom. The van der Waals surface area contributed by atoms with E-state index < -0.39 is 5.91 Å². The molecule has 4 N–H and O–H groups in total. The number of rotatable bonds is 9. The van der Waals surface area contributed by atoms with Crippen LogP contribution in [0.25, 0.3) is 0 Å².